The average molecular weight is 224 g/mol. The Bertz CT molecular complexity index is 229. The minimum Gasteiger partial charge on any atom is -0.300 e. The molecule has 2 fully saturated rings. The van der Waals surface area contributed by atoms with Gasteiger partial charge in [0.15, 0.2) is 0 Å². The van der Waals surface area contributed by atoms with Gasteiger partial charge in [-0.05, 0) is 0 Å². The maximum absolute atomic E-state index is 10.5. The van der Waals surface area contributed by atoms with Gasteiger partial charge in [-0.2, -0.15) is 0 Å². The summed E-state index contributed by atoms with van der Waals surface area (Å²) in [4.78, 5) is 41.8. The lowest BCUT2D eigenvalue weighted by Crippen LogP contribution is -2.12. The van der Waals surface area contributed by atoms with Crippen LogP contribution in [-0.2, 0) is 19.2 Å². The van der Waals surface area contributed by atoms with Crippen LogP contribution in [0.25, 0.3) is 0 Å². The van der Waals surface area contributed by atoms with Gasteiger partial charge in [-0.25, -0.2) is 0 Å². The zero-order chi connectivity index (χ0) is 12.0. The molecule has 0 N–H and O–H groups in total. The van der Waals surface area contributed by atoms with E-state index in [1.165, 1.54) is 0 Å². The lowest BCUT2D eigenvalue weighted by Gasteiger charge is -2.04. The monoisotopic (exact) mass is 224 g/mol. The maximum atomic E-state index is 10.5. The van der Waals surface area contributed by atoms with E-state index in [2.05, 4.69) is 0 Å². The van der Waals surface area contributed by atoms with Crippen LogP contribution in [0.3, 0.4) is 0 Å². The van der Waals surface area contributed by atoms with Gasteiger partial charge in [0, 0.05) is 51.4 Å². The number of Topliss-reactive ketones (excluding diaryl/α,β-unsaturated/α-hetero) is 4. The molecule has 2 aliphatic rings. The molecular formula is C12H16O4. The Morgan fingerprint density at radius 1 is 0.375 bits per heavy atom. The van der Waals surface area contributed by atoms with Crippen LogP contribution in [0.1, 0.15) is 51.4 Å². The summed E-state index contributed by atoms with van der Waals surface area (Å²) in [6, 6.07) is 0. The van der Waals surface area contributed by atoms with Crippen molar-refractivity contribution >= 4 is 23.1 Å². The number of carbonyl (C=O) groups excluding carboxylic acids is 4. The lowest BCUT2D eigenvalue weighted by molar-refractivity contribution is -0.128. The molecule has 88 valence electrons. The molecule has 0 aliphatic heterocycles. The van der Waals surface area contributed by atoms with Crippen LogP contribution in [0.5, 0.6) is 0 Å². The Morgan fingerprint density at radius 2 is 0.500 bits per heavy atom. The van der Waals surface area contributed by atoms with E-state index in [-0.39, 0.29) is 23.1 Å². The summed E-state index contributed by atoms with van der Waals surface area (Å²) in [6.07, 6.45) is 3.88. The second kappa shape index (κ2) is 6.30. The van der Waals surface area contributed by atoms with E-state index in [1.54, 1.807) is 0 Å². The third kappa shape index (κ3) is 4.96. The fourth-order valence-electron chi connectivity index (χ4n) is 1.62. The molecule has 2 aliphatic carbocycles. The average Bonchev–Trinajstić information content (AvgIpc) is 2.28. The van der Waals surface area contributed by atoms with Gasteiger partial charge in [0.2, 0.25) is 0 Å². The van der Waals surface area contributed by atoms with Gasteiger partial charge < -0.3 is 0 Å². The van der Waals surface area contributed by atoms with Gasteiger partial charge in [0.1, 0.15) is 23.1 Å². The normalized spacial score (nSPS) is 21.5. The molecule has 0 radical (unpaired) electrons. The Labute approximate surface area is 94.4 Å². The van der Waals surface area contributed by atoms with Crippen LogP contribution in [0, 0.1) is 0 Å². The lowest BCUT2D eigenvalue weighted by atomic mass is 9.98. The first-order valence-corrected chi connectivity index (χ1v) is 5.64. The summed E-state index contributed by atoms with van der Waals surface area (Å²) in [5, 5.41) is 0. The Balaban J connectivity index is 0.000000160. The summed E-state index contributed by atoms with van der Waals surface area (Å²) >= 11 is 0. The molecule has 2 rings (SSSR count). The fourth-order valence-corrected chi connectivity index (χ4v) is 1.62. The molecule has 0 saturated heterocycles. The van der Waals surface area contributed by atoms with Gasteiger partial charge in [0.25, 0.3) is 0 Å². The smallest absolute Gasteiger partial charge is 0.133 e. The predicted molar refractivity (Wildman–Crippen MR) is 57.0 cm³/mol. The van der Waals surface area contributed by atoms with E-state index in [9.17, 15) is 19.2 Å². The summed E-state index contributed by atoms with van der Waals surface area (Å²) in [5.41, 5.74) is 0. The zero-order valence-electron chi connectivity index (χ0n) is 9.29. The number of hydrogen-bond donors (Lipinski definition) is 0. The third-order valence-corrected chi connectivity index (χ3v) is 2.73. The molecule has 0 bridgehead atoms. The van der Waals surface area contributed by atoms with Crippen molar-refractivity contribution in [2.24, 2.45) is 0 Å². The highest BCUT2D eigenvalue weighted by Crippen LogP contribution is 2.09. The number of hydrogen-bond acceptors (Lipinski definition) is 4. The largest absolute Gasteiger partial charge is 0.300 e. The maximum Gasteiger partial charge on any atom is 0.133 e. The van der Waals surface area contributed by atoms with Gasteiger partial charge in [-0.1, -0.05) is 0 Å². The zero-order valence-corrected chi connectivity index (χ0v) is 9.29. The van der Waals surface area contributed by atoms with E-state index >= 15 is 0 Å². The Kier molecular flexibility index (Phi) is 5.02. The van der Waals surface area contributed by atoms with Gasteiger partial charge >= 0.3 is 0 Å². The quantitative estimate of drug-likeness (QED) is 0.623. The van der Waals surface area contributed by atoms with Crippen LogP contribution < -0.4 is 0 Å². The van der Waals surface area contributed by atoms with Crippen molar-refractivity contribution in [3.05, 3.63) is 0 Å². The molecule has 4 heteroatoms. The van der Waals surface area contributed by atoms with Crippen molar-refractivity contribution in [1.29, 1.82) is 0 Å². The fraction of sp³-hybridized carbons (Fsp3) is 0.667. The summed E-state index contributed by atoms with van der Waals surface area (Å²) < 4.78 is 0. The molecule has 4 nitrogen and oxygen atoms in total. The van der Waals surface area contributed by atoms with E-state index in [4.69, 9.17) is 0 Å². The minimum absolute atomic E-state index is 0.240. The predicted octanol–water partition coefficient (Wildman–Crippen LogP) is 1.40. The van der Waals surface area contributed by atoms with Gasteiger partial charge in [0.05, 0.1) is 0 Å². The molecule has 0 spiro atoms. The molecule has 0 aromatic carbocycles. The van der Waals surface area contributed by atoms with E-state index in [0.717, 1.165) is 0 Å². The molecular weight excluding hydrogens is 208 g/mol. The Morgan fingerprint density at radius 3 is 0.625 bits per heavy atom. The summed E-state index contributed by atoms with van der Waals surface area (Å²) in [5.74, 6) is 0.961. The highest BCUT2D eigenvalue weighted by Gasteiger charge is 2.14. The molecule has 16 heavy (non-hydrogen) atoms. The number of ketones is 4. The van der Waals surface area contributed by atoms with E-state index < -0.39 is 0 Å². The molecule has 2 saturated carbocycles. The first kappa shape index (κ1) is 12.7. The van der Waals surface area contributed by atoms with Crippen LogP contribution in [0.4, 0.5) is 0 Å². The van der Waals surface area contributed by atoms with Gasteiger partial charge in [-0.15, -0.1) is 0 Å². The Hall–Kier alpha value is -1.32. The molecule has 0 atom stereocenters. The molecule has 0 aromatic heterocycles. The SMILES string of the molecule is O=C1CCC(=O)CC1.O=C1CCC(=O)CC1. The summed E-state index contributed by atoms with van der Waals surface area (Å²) in [6.45, 7) is 0. The van der Waals surface area contributed by atoms with Gasteiger partial charge in [-0.3, -0.25) is 19.2 Å². The third-order valence-electron chi connectivity index (χ3n) is 2.73. The highest BCUT2D eigenvalue weighted by molar-refractivity contribution is 5.93. The van der Waals surface area contributed by atoms with Crippen molar-refractivity contribution in [3.8, 4) is 0 Å². The van der Waals surface area contributed by atoms with E-state index in [1.807, 2.05) is 0 Å². The molecule has 0 aromatic rings. The number of rotatable bonds is 0. The number of carbonyl (C=O) groups is 4. The molecule has 0 heterocycles. The molecule has 0 amide bonds. The minimum atomic E-state index is 0.240. The second-order valence-corrected chi connectivity index (χ2v) is 4.15. The van der Waals surface area contributed by atoms with Crippen LogP contribution in [0.15, 0.2) is 0 Å². The van der Waals surface area contributed by atoms with Crippen LogP contribution >= 0.6 is 0 Å². The van der Waals surface area contributed by atoms with Crippen LogP contribution in [0.2, 0.25) is 0 Å². The van der Waals surface area contributed by atoms with Crippen molar-refractivity contribution < 1.29 is 19.2 Å². The first-order chi connectivity index (χ1) is 7.58. The van der Waals surface area contributed by atoms with E-state index in [0.29, 0.717) is 51.4 Å². The van der Waals surface area contributed by atoms with Crippen molar-refractivity contribution in [2.75, 3.05) is 0 Å². The first-order valence-electron chi connectivity index (χ1n) is 5.64. The van der Waals surface area contributed by atoms with Crippen molar-refractivity contribution in [2.45, 2.75) is 51.4 Å². The summed E-state index contributed by atoms with van der Waals surface area (Å²) in [7, 11) is 0. The second-order valence-electron chi connectivity index (χ2n) is 4.15. The molecule has 0 unspecified atom stereocenters. The standard InChI is InChI=1S/2C6H8O2/c2*7-5-1-2-6(8)4-3-5/h2*1-4H2. The van der Waals surface area contributed by atoms with Crippen LogP contribution in [-0.4, -0.2) is 23.1 Å². The van der Waals surface area contributed by atoms with Crippen molar-refractivity contribution in [3.63, 3.8) is 0 Å². The van der Waals surface area contributed by atoms with Crippen molar-refractivity contribution in [1.82, 2.24) is 0 Å². The topological polar surface area (TPSA) is 68.3 Å². The highest BCUT2D eigenvalue weighted by atomic mass is 16.1.